The Morgan fingerprint density at radius 3 is 2.43 bits per heavy atom. The topological polar surface area (TPSA) is 39.2 Å². The van der Waals surface area contributed by atoms with Crippen molar-refractivity contribution >= 4 is 5.97 Å². The molecule has 0 bridgehead atoms. The summed E-state index contributed by atoms with van der Waals surface area (Å²) in [7, 11) is 0. The minimum absolute atomic E-state index is 0.193. The van der Waals surface area contributed by atoms with E-state index in [0.29, 0.717) is 18.9 Å². The van der Waals surface area contributed by atoms with E-state index in [-0.39, 0.29) is 5.97 Å². The molecule has 0 aliphatic rings. The molecule has 0 aliphatic heterocycles. The Hall–Kier alpha value is -2.16. The van der Waals surface area contributed by atoms with Gasteiger partial charge in [-0.15, -0.1) is 0 Å². The van der Waals surface area contributed by atoms with Crippen LogP contribution in [-0.4, -0.2) is 17.6 Å². The molecule has 0 amide bonds. The van der Waals surface area contributed by atoms with Crippen molar-refractivity contribution in [1.82, 2.24) is 4.98 Å². The van der Waals surface area contributed by atoms with Crippen LogP contribution in [0.2, 0.25) is 0 Å². The summed E-state index contributed by atoms with van der Waals surface area (Å²) < 4.78 is 5.35. The van der Waals surface area contributed by atoms with E-state index in [1.54, 1.807) is 12.4 Å². The third-order valence-electron chi connectivity index (χ3n) is 4.22. The predicted molar refractivity (Wildman–Crippen MR) is 92.5 cm³/mol. The molecule has 0 spiro atoms. The summed E-state index contributed by atoms with van der Waals surface area (Å²) in [6.07, 6.45) is 4.11. The van der Waals surface area contributed by atoms with Crippen molar-refractivity contribution in [3.05, 3.63) is 65.5 Å². The van der Waals surface area contributed by atoms with Crippen LogP contribution in [0.25, 0.3) is 0 Å². The Labute approximate surface area is 138 Å². The van der Waals surface area contributed by atoms with Gasteiger partial charge >= 0.3 is 5.97 Å². The van der Waals surface area contributed by atoms with Gasteiger partial charge in [-0.05, 0) is 48.9 Å². The van der Waals surface area contributed by atoms with Gasteiger partial charge in [0.2, 0.25) is 0 Å². The Bertz CT molecular complexity index is 634. The lowest BCUT2D eigenvalue weighted by Crippen LogP contribution is -2.36. The molecule has 0 saturated heterocycles. The zero-order chi connectivity index (χ0) is 16.9. The predicted octanol–water partition coefficient (Wildman–Crippen LogP) is 4.27. The zero-order valence-corrected chi connectivity index (χ0v) is 14.4. The maximum Gasteiger partial charge on any atom is 0.316 e. The van der Waals surface area contributed by atoms with E-state index in [9.17, 15) is 4.79 Å². The number of benzene rings is 1. The monoisotopic (exact) mass is 311 g/mol. The van der Waals surface area contributed by atoms with Crippen LogP contribution in [0.3, 0.4) is 0 Å². The van der Waals surface area contributed by atoms with Gasteiger partial charge in [0.15, 0.2) is 0 Å². The molecule has 2 aromatic rings. The van der Waals surface area contributed by atoms with Crippen LogP contribution < -0.4 is 0 Å². The average Bonchev–Trinajstić information content (AvgIpc) is 2.56. The number of ether oxygens (including phenoxy) is 1. The largest absolute Gasteiger partial charge is 0.465 e. The molecule has 23 heavy (non-hydrogen) atoms. The van der Waals surface area contributed by atoms with E-state index in [1.807, 2.05) is 38.1 Å². The molecule has 1 aromatic carbocycles. The second-order valence-corrected chi connectivity index (χ2v) is 6.37. The summed E-state index contributed by atoms with van der Waals surface area (Å²) in [5.41, 5.74) is 2.55. The molecule has 0 radical (unpaired) electrons. The molecule has 1 heterocycles. The molecule has 1 atom stereocenters. The molecule has 0 fully saturated rings. The van der Waals surface area contributed by atoms with Gasteiger partial charge in [-0.3, -0.25) is 9.78 Å². The minimum Gasteiger partial charge on any atom is -0.465 e. The van der Waals surface area contributed by atoms with E-state index in [0.717, 1.165) is 11.1 Å². The van der Waals surface area contributed by atoms with Gasteiger partial charge in [0.25, 0.3) is 0 Å². The quantitative estimate of drug-likeness (QED) is 0.748. The molecule has 122 valence electrons. The fraction of sp³-hybridized carbons (Fsp3) is 0.400. The summed E-state index contributed by atoms with van der Waals surface area (Å²) in [4.78, 5) is 16.8. The molecular formula is C20H25NO2. The fourth-order valence-corrected chi connectivity index (χ4v) is 2.73. The molecular weight excluding hydrogens is 286 g/mol. The van der Waals surface area contributed by atoms with Crippen LogP contribution in [0.5, 0.6) is 0 Å². The molecule has 3 nitrogen and oxygen atoms in total. The number of hydrogen-bond donors (Lipinski definition) is 0. The van der Waals surface area contributed by atoms with Crippen LogP contribution in [0.15, 0.2) is 48.8 Å². The highest BCUT2D eigenvalue weighted by molar-refractivity contribution is 5.83. The van der Waals surface area contributed by atoms with Gasteiger partial charge < -0.3 is 4.74 Å². The molecule has 0 saturated carbocycles. The van der Waals surface area contributed by atoms with Gasteiger partial charge in [-0.1, -0.05) is 44.2 Å². The van der Waals surface area contributed by atoms with E-state index in [4.69, 9.17) is 4.74 Å². The van der Waals surface area contributed by atoms with Crippen molar-refractivity contribution in [2.75, 3.05) is 6.61 Å². The number of nitrogens with zero attached hydrogens (tertiary/aromatic N) is 1. The first-order chi connectivity index (χ1) is 11.0. The molecule has 0 aliphatic carbocycles. The van der Waals surface area contributed by atoms with Gasteiger partial charge in [0, 0.05) is 12.4 Å². The van der Waals surface area contributed by atoms with Gasteiger partial charge in [0.05, 0.1) is 12.0 Å². The molecule has 0 N–H and O–H groups in total. The van der Waals surface area contributed by atoms with Crippen LogP contribution in [0.1, 0.15) is 50.3 Å². The van der Waals surface area contributed by atoms with E-state index >= 15 is 0 Å². The van der Waals surface area contributed by atoms with Crippen LogP contribution in [-0.2, 0) is 21.4 Å². The number of carbonyl (C=O) groups is 1. The summed E-state index contributed by atoms with van der Waals surface area (Å²) in [5, 5.41) is 0. The van der Waals surface area contributed by atoms with E-state index in [2.05, 4.69) is 31.0 Å². The Morgan fingerprint density at radius 2 is 1.91 bits per heavy atom. The first kappa shape index (κ1) is 17.2. The van der Waals surface area contributed by atoms with Gasteiger partial charge in [-0.25, -0.2) is 0 Å². The standard InChI is InChI=1S/C20H25NO2/c1-5-23-19(22)20(4,13-16-7-6-12-21-14-16)18-10-8-17(9-11-18)15(2)3/h6-12,14-15H,5,13H2,1-4H3. The molecule has 3 heteroatoms. The highest BCUT2D eigenvalue weighted by Crippen LogP contribution is 2.31. The Kier molecular flexibility index (Phi) is 5.54. The average molecular weight is 311 g/mol. The third-order valence-corrected chi connectivity index (χ3v) is 4.22. The first-order valence-corrected chi connectivity index (χ1v) is 8.14. The number of aromatic nitrogens is 1. The van der Waals surface area contributed by atoms with Crippen LogP contribution in [0, 0.1) is 0 Å². The van der Waals surface area contributed by atoms with Crippen molar-refractivity contribution in [1.29, 1.82) is 0 Å². The summed E-state index contributed by atoms with van der Waals surface area (Å²) in [5.74, 6) is 0.275. The third kappa shape index (κ3) is 3.98. The lowest BCUT2D eigenvalue weighted by Gasteiger charge is -2.28. The lowest BCUT2D eigenvalue weighted by molar-refractivity contribution is -0.149. The van der Waals surface area contributed by atoms with Crippen molar-refractivity contribution in [2.45, 2.75) is 45.4 Å². The highest BCUT2D eigenvalue weighted by Gasteiger charge is 2.37. The SMILES string of the molecule is CCOC(=O)C(C)(Cc1cccnc1)c1ccc(C(C)C)cc1. The molecule has 2 rings (SSSR count). The van der Waals surface area contributed by atoms with Crippen LogP contribution >= 0.6 is 0 Å². The second-order valence-electron chi connectivity index (χ2n) is 6.37. The minimum atomic E-state index is -0.714. The van der Waals surface area contributed by atoms with Gasteiger partial charge in [0.1, 0.15) is 0 Å². The molecule has 1 aromatic heterocycles. The Balaban J connectivity index is 2.38. The highest BCUT2D eigenvalue weighted by atomic mass is 16.5. The van der Waals surface area contributed by atoms with Crippen molar-refractivity contribution < 1.29 is 9.53 Å². The second kappa shape index (κ2) is 7.40. The normalized spacial score (nSPS) is 13.6. The maximum absolute atomic E-state index is 12.6. The summed E-state index contributed by atoms with van der Waals surface area (Å²) >= 11 is 0. The number of rotatable bonds is 6. The number of esters is 1. The van der Waals surface area contributed by atoms with Crippen LogP contribution in [0.4, 0.5) is 0 Å². The van der Waals surface area contributed by atoms with Crippen molar-refractivity contribution in [3.63, 3.8) is 0 Å². The smallest absolute Gasteiger partial charge is 0.316 e. The van der Waals surface area contributed by atoms with E-state index in [1.165, 1.54) is 5.56 Å². The molecule has 1 unspecified atom stereocenters. The number of hydrogen-bond acceptors (Lipinski definition) is 3. The number of pyridine rings is 1. The summed E-state index contributed by atoms with van der Waals surface area (Å²) in [6, 6.07) is 12.2. The first-order valence-electron chi connectivity index (χ1n) is 8.14. The van der Waals surface area contributed by atoms with Crippen molar-refractivity contribution in [3.8, 4) is 0 Å². The Morgan fingerprint density at radius 1 is 1.22 bits per heavy atom. The lowest BCUT2D eigenvalue weighted by atomic mass is 9.77. The summed E-state index contributed by atoms with van der Waals surface area (Å²) in [6.45, 7) is 8.49. The van der Waals surface area contributed by atoms with E-state index < -0.39 is 5.41 Å². The van der Waals surface area contributed by atoms with Crippen molar-refractivity contribution in [2.24, 2.45) is 0 Å². The fourth-order valence-electron chi connectivity index (χ4n) is 2.73. The zero-order valence-electron chi connectivity index (χ0n) is 14.4. The van der Waals surface area contributed by atoms with Gasteiger partial charge in [-0.2, -0.15) is 0 Å². The number of carbonyl (C=O) groups excluding carboxylic acids is 1. The maximum atomic E-state index is 12.6.